The zero-order valence-electron chi connectivity index (χ0n) is 14.9. The van der Waals surface area contributed by atoms with Gasteiger partial charge in [-0.3, -0.25) is 14.6 Å². The van der Waals surface area contributed by atoms with E-state index in [0.29, 0.717) is 6.54 Å². The average molecular weight is 379 g/mol. The van der Waals surface area contributed by atoms with Crippen LogP contribution in [0.1, 0.15) is 21.8 Å². The Balaban J connectivity index is 1.60. The molecule has 8 nitrogen and oxygen atoms in total. The number of aryl methyl sites for hydroxylation is 2. The Morgan fingerprint density at radius 2 is 2.15 bits per heavy atom. The van der Waals surface area contributed by atoms with Gasteiger partial charge in [-0.05, 0) is 24.6 Å². The maximum atomic E-state index is 13.0. The van der Waals surface area contributed by atoms with Gasteiger partial charge in [-0.15, -0.1) is 11.3 Å². The molecular formula is C18H17N7OS. The van der Waals surface area contributed by atoms with Crippen molar-refractivity contribution in [1.29, 1.82) is 0 Å². The first-order valence-electron chi connectivity index (χ1n) is 8.56. The molecule has 136 valence electrons. The fraction of sp³-hybridized carbons (Fsp3) is 0.222. The normalized spacial score (nSPS) is 11.8. The number of aromatic amines is 1. The second-order valence-corrected chi connectivity index (χ2v) is 7.70. The molecule has 0 bridgehead atoms. The zero-order valence-corrected chi connectivity index (χ0v) is 15.7. The summed E-state index contributed by atoms with van der Waals surface area (Å²) in [7, 11) is 1.86. The first-order valence-corrected chi connectivity index (χ1v) is 9.38. The molecule has 5 rings (SSSR count). The summed E-state index contributed by atoms with van der Waals surface area (Å²) in [5, 5.41) is 16.5. The van der Waals surface area contributed by atoms with Gasteiger partial charge in [-0.25, -0.2) is 4.68 Å². The number of nitrogens with one attached hydrogen (secondary N) is 1. The number of fused-ring (bicyclic) bond motifs is 3. The Morgan fingerprint density at radius 1 is 1.26 bits per heavy atom. The van der Waals surface area contributed by atoms with Gasteiger partial charge in [0, 0.05) is 36.9 Å². The number of nitrogens with zero attached hydrogens (tertiary/aromatic N) is 6. The van der Waals surface area contributed by atoms with E-state index in [1.54, 1.807) is 22.2 Å². The van der Waals surface area contributed by atoms with Crippen LogP contribution >= 0.6 is 11.3 Å². The van der Waals surface area contributed by atoms with Crippen LogP contribution in [-0.2, 0) is 20.0 Å². The Morgan fingerprint density at radius 3 is 2.89 bits per heavy atom. The molecule has 0 saturated heterocycles. The quantitative estimate of drug-likeness (QED) is 0.518. The Kier molecular flexibility index (Phi) is 3.51. The summed E-state index contributed by atoms with van der Waals surface area (Å²) in [5.41, 5.74) is 3.56. The molecule has 27 heavy (non-hydrogen) atoms. The minimum absolute atomic E-state index is 0.0830. The molecular weight excluding hydrogens is 362 g/mol. The van der Waals surface area contributed by atoms with Gasteiger partial charge in [-0.1, -0.05) is 0 Å². The number of thiazole rings is 1. The molecule has 5 aromatic heterocycles. The third-order valence-electron chi connectivity index (χ3n) is 4.69. The third-order valence-corrected chi connectivity index (χ3v) is 5.90. The highest BCUT2D eigenvalue weighted by molar-refractivity contribution is 7.17. The summed E-state index contributed by atoms with van der Waals surface area (Å²) in [4.78, 5) is 15.3. The molecule has 0 aliphatic rings. The molecule has 5 aromatic rings. The second-order valence-electron chi connectivity index (χ2n) is 6.59. The molecule has 0 saturated carbocycles. The molecule has 0 radical (unpaired) electrons. The maximum Gasteiger partial charge on any atom is 0.276 e. The van der Waals surface area contributed by atoms with Crippen LogP contribution < -0.4 is 5.56 Å². The SMILES string of the molecule is Cc1c2c(=O)n(Cc3ccn(C)n3)ncc2n2cc(Cc3cc[nH]n3)sc12. The average Bonchev–Trinajstić information content (AvgIpc) is 3.40. The number of hydrogen-bond donors (Lipinski definition) is 1. The van der Waals surface area contributed by atoms with E-state index in [0.717, 1.165) is 39.1 Å². The minimum Gasteiger partial charge on any atom is -0.305 e. The molecule has 5 heterocycles. The van der Waals surface area contributed by atoms with Crippen molar-refractivity contribution in [2.75, 3.05) is 0 Å². The van der Waals surface area contributed by atoms with Crippen LogP contribution in [0.15, 0.2) is 41.7 Å². The lowest BCUT2D eigenvalue weighted by Gasteiger charge is -2.03. The molecule has 1 N–H and O–H groups in total. The van der Waals surface area contributed by atoms with Gasteiger partial charge in [0.25, 0.3) is 5.56 Å². The first kappa shape index (κ1) is 16.0. The summed E-state index contributed by atoms with van der Waals surface area (Å²) >= 11 is 1.69. The predicted octanol–water partition coefficient (Wildman–Crippen LogP) is 2.11. The van der Waals surface area contributed by atoms with E-state index < -0.39 is 0 Å². The highest BCUT2D eigenvalue weighted by Crippen LogP contribution is 2.30. The molecule has 0 amide bonds. The molecule has 0 fully saturated rings. The van der Waals surface area contributed by atoms with Crippen molar-refractivity contribution in [2.45, 2.75) is 19.9 Å². The minimum atomic E-state index is -0.0830. The number of rotatable bonds is 4. The van der Waals surface area contributed by atoms with Crippen molar-refractivity contribution in [3.63, 3.8) is 0 Å². The fourth-order valence-electron chi connectivity index (χ4n) is 3.42. The van der Waals surface area contributed by atoms with E-state index in [9.17, 15) is 4.79 Å². The molecule has 9 heteroatoms. The molecule has 0 atom stereocenters. The van der Waals surface area contributed by atoms with Gasteiger partial charge < -0.3 is 4.40 Å². The molecule has 0 aliphatic heterocycles. The van der Waals surface area contributed by atoms with Crippen LogP contribution in [-0.4, -0.2) is 34.2 Å². The van der Waals surface area contributed by atoms with Crippen LogP contribution in [0.25, 0.3) is 15.7 Å². The monoisotopic (exact) mass is 379 g/mol. The van der Waals surface area contributed by atoms with Gasteiger partial charge in [0.2, 0.25) is 0 Å². The molecule has 0 unspecified atom stereocenters. The van der Waals surface area contributed by atoms with Gasteiger partial charge in [0.05, 0.1) is 35.0 Å². The van der Waals surface area contributed by atoms with Crippen molar-refractivity contribution in [3.8, 4) is 0 Å². The Labute approximate surface area is 157 Å². The van der Waals surface area contributed by atoms with Crippen molar-refractivity contribution in [2.24, 2.45) is 7.05 Å². The summed E-state index contributed by atoms with van der Waals surface area (Å²) in [6.45, 7) is 2.36. The van der Waals surface area contributed by atoms with Crippen molar-refractivity contribution in [3.05, 3.63) is 69.1 Å². The van der Waals surface area contributed by atoms with Gasteiger partial charge >= 0.3 is 0 Å². The van der Waals surface area contributed by atoms with Crippen LogP contribution in [0.2, 0.25) is 0 Å². The Bertz CT molecular complexity index is 1320. The number of hydrogen-bond acceptors (Lipinski definition) is 5. The summed E-state index contributed by atoms with van der Waals surface area (Å²) in [5.74, 6) is 0. The third kappa shape index (κ3) is 2.58. The predicted molar refractivity (Wildman–Crippen MR) is 103 cm³/mol. The van der Waals surface area contributed by atoms with E-state index in [1.807, 2.05) is 38.5 Å². The number of aromatic nitrogens is 7. The van der Waals surface area contributed by atoms with E-state index in [2.05, 4.69) is 31.0 Å². The standard InChI is InChI=1S/C18H17N7OS/c1-11-16-15(8-20-25(17(16)26)9-13-4-6-23(2)22-13)24-10-14(27-18(11)24)7-12-3-5-19-21-12/h3-6,8,10H,7,9H2,1-2H3,(H,19,21). The van der Waals surface area contributed by atoms with Crippen LogP contribution in [0, 0.1) is 6.92 Å². The lowest BCUT2D eigenvalue weighted by molar-refractivity contribution is 0.620. The van der Waals surface area contributed by atoms with Crippen molar-refractivity contribution >= 4 is 27.1 Å². The Hall–Kier alpha value is -3.20. The summed E-state index contributed by atoms with van der Waals surface area (Å²) < 4.78 is 5.27. The highest BCUT2D eigenvalue weighted by Gasteiger charge is 2.17. The van der Waals surface area contributed by atoms with E-state index >= 15 is 0 Å². The molecule has 0 aliphatic carbocycles. The van der Waals surface area contributed by atoms with E-state index in [-0.39, 0.29) is 5.56 Å². The van der Waals surface area contributed by atoms with E-state index in [4.69, 9.17) is 0 Å². The second kappa shape index (κ2) is 5.92. The van der Waals surface area contributed by atoms with Gasteiger partial charge in [-0.2, -0.15) is 15.3 Å². The van der Waals surface area contributed by atoms with Crippen LogP contribution in [0.5, 0.6) is 0 Å². The summed E-state index contributed by atoms with van der Waals surface area (Å²) in [6, 6.07) is 3.86. The zero-order chi connectivity index (χ0) is 18.5. The fourth-order valence-corrected chi connectivity index (χ4v) is 4.55. The lowest BCUT2D eigenvalue weighted by atomic mass is 10.2. The van der Waals surface area contributed by atoms with Gasteiger partial charge in [0.1, 0.15) is 4.83 Å². The van der Waals surface area contributed by atoms with Crippen molar-refractivity contribution in [1.82, 2.24) is 34.2 Å². The van der Waals surface area contributed by atoms with E-state index in [1.165, 1.54) is 9.56 Å². The van der Waals surface area contributed by atoms with Gasteiger partial charge in [0.15, 0.2) is 0 Å². The molecule has 0 spiro atoms. The largest absolute Gasteiger partial charge is 0.305 e. The summed E-state index contributed by atoms with van der Waals surface area (Å²) in [6.07, 6.45) is 8.30. The topological polar surface area (TPSA) is 85.8 Å². The molecule has 0 aromatic carbocycles. The maximum absolute atomic E-state index is 13.0. The van der Waals surface area contributed by atoms with Crippen LogP contribution in [0.3, 0.4) is 0 Å². The highest BCUT2D eigenvalue weighted by atomic mass is 32.1. The first-order chi connectivity index (χ1) is 13.1. The van der Waals surface area contributed by atoms with Crippen LogP contribution in [0.4, 0.5) is 0 Å². The smallest absolute Gasteiger partial charge is 0.276 e. The number of H-pyrrole nitrogens is 1. The lowest BCUT2D eigenvalue weighted by Crippen LogP contribution is -2.23. The van der Waals surface area contributed by atoms with Crippen molar-refractivity contribution < 1.29 is 0 Å².